The molecule has 6 atom stereocenters. The summed E-state index contributed by atoms with van der Waals surface area (Å²) in [5, 5.41) is 20.7. The fourth-order valence-electron chi connectivity index (χ4n) is 5.19. The van der Waals surface area contributed by atoms with Crippen LogP contribution < -0.4 is 0 Å². The normalized spacial score (nSPS) is 58.1. The lowest BCUT2D eigenvalue weighted by atomic mass is 9.48. The van der Waals surface area contributed by atoms with E-state index in [-0.39, 0.29) is 34.6 Å². The molecule has 0 aromatic carbocycles. The van der Waals surface area contributed by atoms with Crippen LogP contribution in [0, 0.1) is 16.7 Å². The summed E-state index contributed by atoms with van der Waals surface area (Å²) in [4.78, 5) is 0. The van der Waals surface area contributed by atoms with Crippen LogP contribution in [0.25, 0.3) is 0 Å². The van der Waals surface area contributed by atoms with Crippen molar-refractivity contribution in [3.05, 3.63) is 0 Å². The van der Waals surface area contributed by atoms with Crippen molar-refractivity contribution in [2.45, 2.75) is 77.1 Å². The van der Waals surface area contributed by atoms with Crippen LogP contribution >= 0.6 is 0 Å². The molecule has 3 rings (SSSR count). The number of ether oxygens (including phenoxy) is 1. The van der Waals surface area contributed by atoms with Gasteiger partial charge in [0.1, 0.15) is 5.60 Å². The van der Waals surface area contributed by atoms with E-state index in [0.29, 0.717) is 0 Å². The number of rotatable bonds is 2. The molecule has 19 heavy (non-hydrogen) atoms. The Kier molecular flexibility index (Phi) is 2.73. The second kappa shape index (κ2) is 3.75. The van der Waals surface area contributed by atoms with E-state index >= 15 is 0 Å². The molecule has 0 amide bonds. The summed E-state index contributed by atoms with van der Waals surface area (Å²) in [7, 11) is 0. The number of hydrogen-bond donors (Lipinski definition) is 2. The maximum atomic E-state index is 11.1. The quantitative estimate of drug-likeness (QED) is 0.757. The summed E-state index contributed by atoms with van der Waals surface area (Å²) in [5.41, 5.74) is -0.636. The van der Waals surface area contributed by atoms with Crippen LogP contribution in [0.1, 0.15) is 59.8 Å². The van der Waals surface area contributed by atoms with Gasteiger partial charge in [0.05, 0.1) is 11.7 Å². The van der Waals surface area contributed by atoms with E-state index in [4.69, 9.17) is 4.74 Å². The van der Waals surface area contributed by atoms with Crippen LogP contribution in [0.5, 0.6) is 0 Å². The van der Waals surface area contributed by atoms with Crippen LogP contribution in [0.2, 0.25) is 0 Å². The Bertz CT molecular complexity index is 397. The summed E-state index contributed by atoms with van der Waals surface area (Å²) < 4.78 is 6.23. The highest BCUT2D eigenvalue weighted by Crippen LogP contribution is 2.73. The predicted molar refractivity (Wildman–Crippen MR) is 73.8 cm³/mol. The van der Waals surface area contributed by atoms with Crippen molar-refractivity contribution in [1.82, 2.24) is 0 Å². The molecule has 1 saturated heterocycles. The Morgan fingerprint density at radius 2 is 1.84 bits per heavy atom. The predicted octanol–water partition coefficient (Wildman–Crippen LogP) is 2.49. The zero-order chi connectivity index (χ0) is 14.1. The van der Waals surface area contributed by atoms with E-state index < -0.39 is 6.10 Å². The summed E-state index contributed by atoms with van der Waals surface area (Å²) in [6, 6.07) is 0. The minimum atomic E-state index is -0.466. The van der Waals surface area contributed by atoms with Gasteiger partial charge in [-0.1, -0.05) is 20.8 Å². The molecule has 110 valence electrons. The van der Waals surface area contributed by atoms with Gasteiger partial charge in [0, 0.05) is 17.4 Å². The van der Waals surface area contributed by atoms with Crippen molar-refractivity contribution in [2.24, 2.45) is 16.7 Å². The van der Waals surface area contributed by atoms with Gasteiger partial charge in [-0.05, 0) is 44.9 Å². The molecule has 2 N–H and O–H groups in total. The summed E-state index contributed by atoms with van der Waals surface area (Å²) >= 11 is 0. The molecule has 0 aromatic rings. The average molecular weight is 268 g/mol. The zero-order valence-corrected chi connectivity index (χ0v) is 12.7. The smallest absolute Gasteiger partial charge is 0.129 e. The van der Waals surface area contributed by atoms with Crippen molar-refractivity contribution < 1.29 is 14.9 Å². The lowest BCUT2D eigenvalue weighted by Crippen LogP contribution is -2.63. The van der Waals surface area contributed by atoms with E-state index in [0.717, 1.165) is 25.7 Å². The maximum Gasteiger partial charge on any atom is 0.129 e. The van der Waals surface area contributed by atoms with E-state index in [2.05, 4.69) is 20.8 Å². The van der Waals surface area contributed by atoms with Gasteiger partial charge in [0.25, 0.3) is 0 Å². The van der Waals surface area contributed by atoms with Crippen molar-refractivity contribution in [2.75, 3.05) is 6.61 Å². The van der Waals surface area contributed by atoms with Crippen molar-refractivity contribution >= 4 is 0 Å². The Labute approximate surface area is 116 Å². The molecular formula is C16H28O3. The monoisotopic (exact) mass is 268 g/mol. The third-order valence-corrected chi connectivity index (χ3v) is 7.03. The summed E-state index contributed by atoms with van der Waals surface area (Å²) in [6.45, 7) is 8.78. The number of aliphatic hydroxyl groups is 2. The molecule has 2 unspecified atom stereocenters. The van der Waals surface area contributed by atoms with Gasteiger partial charge in [0.15, 0.2) is 0 Å². The van der Waals surface area contributed by atoms with Gasteiger partial charge in [0.2, 0.25) is 0 Å². The standard InChI is InChI=1S/C16H28O3/c1-11(10-17)14(3)9-8-13(2)6-5-7-15(4)16(13,19-15)12(14)18/h11-12,17-18H,5-10H2,1-4H3/t11-,12+,13+,14-,15?,16?/m0/s1. The molecule has 1 heterocycles. The zero-order valence-electron chi connectivity index (χ0n) is 12.7. The van der Waals surface area contributed by atoms with Gasteiger partial charge < -0.3 is 14.9 Å². The fourth-order valence-corrected chi connectivity index (χ4v) is 5.19. The first-order valence-corrected chi connectivity index (χ1v) is 7.75. The van der Waals surface area contributed by atoms with Gasteiger partial charge in [-0.15, -0.1) is 0 Å². The summed E-state index contributed by atoms with van der Waals surface area (Å²) in [5.74, 6) is 0.108. The molecule has 3 heteroatoms. The minimum Gasteiger partial charge on any atom is -0.396 e. The molecule has 2 aliphatic carbocycles. The van der Waals surface area contributed by atoms with Gasteiger partial charge >= 0.3 is 0 Å². The number of hydrogen-bond acceptors (Lipinski definition) is 3. The highest BCUT2D eigenvalue weighted by molar-refractivity contribution is 5.30. The third kappa shape index (κ3) is 1.39. The van der Waals surface area contributed by atoms with Crippen LogP contribution in [0.15, 0.2) is 0 Å². The molecule has 3 aliphatic rings. The molecule has 2 saturated carbocycles. The Morgan fingerprint density at radius 3 is 2.47 bits per heavy atom. The van der Waals surface area contributed by atoms with E-state index in [9.17, 15) is 10.2 Å². The lowest BCUT2D eigenvalue weighted by molar-refractivity contribution is -0.150. The van der Waals surface area contributed by atoms with Crippen LogP contribution in [0.3, 0.4) is 0 Å². The van der Waals surface area contributed by atoms with E-state index in [1.165, 1.54) is 6.42 Å². The van der Waals surface area contributed by atoms with Gasteiger partial charge in [-0.25, -0.2) is 0 Å². The molecule has 0 bridgehead atoms. The second-order valence-corrected chi connectivity index (χ2v) is 7.97. The first kappa shape index (κ1) is 13.8. The lowest BCUT2D eigenvalue weighted by Gasteiger charge is -2.56. The highest BCUT2D eigenvalue weighted by atomic mass is 16.6. The van der Waals surface area contributed by atoms with Crippen LogP contribution in [-0.4, -0.2) is 34.1 Å². The maximum absolute atomic E-state index is 11.1. The van der Waals surface area contributed by atoms with Gasteiger partial charge in [-0.3, -0.25) is 0 Å². The molecule has 1 spiro atoms. The largest absolute Gasteiger partial charge is 0.396 e. The molecular weight excluding hydrogens is 240 g/mol. The SMILES string of the molecule is C[C@@H](CO)[C@]1(C)CC[C@@]2(C)CCCC3(C)OC32[C@@H]1O. The highest BCUT2D eigenvalue weighted by Gasteiger charge is 2.82. The Balaban J connectivity index is 2.00. The Hall–Kier alpha value is -0.120. The second-order valence-electron chi connectivity index (χ2n) is 7.97. The first-order valence-electron chi connectivity index (χ1n) is 7.75. The van der Waals surface area contributed by atoms with Crippen molar-refractivity contribution in [3.8, 4) is 0 Å². The third-order valence-electron chi connectivity index (χ3n) is 7.03. The number of epoxide rings is 1. The Morgan fingerprint density at radius 1 is 1.16 bits per heavy atom. The topological polar surface area (TPSA) is 53.0 Å². The minimum absolute atomic E-state index is 0.105. The van der Waals surface area contributed by atoms with Crippen molar-refractivity contribution in [1.29, 1.82) is 0 Å². The molecule has 0 aromatic heterocycles. The van der Waals surface area contributed by atoms with E-state index in [1.54, 1.807) is 0 Å². The average Bonchev–Trinajstić information content (AvgIpc) is 3.02. The van der Waals surface area contributed by atoms with Crippen molar-refractivity contribution in [3.63, 3.8) is 0 Å². The van der Waals surface area contributed by atoms with E-state index in [1.807, 2.05) is 6.92 Å². The number of aliphatic hydroxyl groups excluding tert-OH is 2. The summed E-state index contributed by atoms with van der Waals surface area (Å²) in [6.07, 6.45) is 5.03. The molecule has 1 aliphatic heterocycles. The molecule has 3 nitrogen and oxygen atoms in total. The van der Waals surface area contributed by atoms with Crippen LogP contribution in [-0.2, 0) is 4.74 Å². The molecule has 0 radical (unpaired) electrons. The van der Waals surface area contributed by atoms with Gasteiger partial charge in [-0.2, -0.15) is 0 Å². The fraction of sp³-hybridized carbons (Fsp3) is 1.00. The van der Waals surface area contributed by atoms with Crippen LogP contribution in [0.4, 0.5) is 0 Å². The molecule has 3 fully saturated rings. The first-order chi connectivity index (χ1) is 8.76.